The second kappa shape index (κ2) is 3.56. The Morgan fingerprint density at radius 2 is 1.94 bits per heavy atom. The summed E-state index contributed by atoms with van der Waals surface area (Å²) in [6, 6.07) is 2.98. The standard InChI is InChI=1S/C12H13ClO3S/c1-7-8(11(13)14)4-5-9-10(7)12(2,3)6-17(9,15)16/h4-5H,6H2,1-3H3. The summed E-state index contributed by atoms with van der Waals surface area (Å²) in [6.45, 7) is 5.48. The molecule has 0 aliphatic carbocycles. The van der Waals surface area contributed by atoms with Gasteiger partial charge in [-0.05, 0) is 41.8 Å². The van der Waals surface area contributed by atoms with E-state index in [1.54, 1.807) is 6.92 Å². The van der Waals surface area contributed by atoms with Crippen molar-refractivity contribution in [2.45, 2.75) is 31.1 Å². The van der Waals surface area contributed by atoms with Gasteiger partial charge in [0, 0.05) is 11.0 Å². The minimum absolute atomic E-state index is 0.0795. The number of halogens is 1. The molecule has 92 valence electrons. The summed E-state index contributed by atoms with van der Waals surface area (Å²) in [6.07, 6.45) is 0. The lowest BCUT2D eigenvalue weighted by atomic mass is 9.83. The fourth-order valence-corrected chi connectivity index (χ4v) is 5.10. The number of benzene rings is 1. The number of carbonyl (C=O) groups is 1. The molecule has 1 heterocycles. The van der Waals surface area contributed by atoms with E-state index in [0.29, 0.717) is 16.0 Å². The summed E-state index contributed by atoms with van der Waals surface area (Å²) in [5, 5.41) is -0.551. The Labute approximate surface area is 106 Å². The SMILES string of the molecule is Cc1c(C(=O)Cl)ccc2c1C(C)(C)CS2(=O)=O. The minimum atomic E-state index is -3.23. The van der Waals surface area contributed by atoms with Crippen molar-refractivity contribution in [2.75, 3.05) is 5.75 Å². The van der Waals surface area contributed by atoms with Gasteiger partial charge in [-0.15, -0.1) is 0 Å². The summed E-state index contributed by atoms with van der Waals surface area (Å²) >= 11 is 5.49. The maximum Gasteiger partial charge on any atom is 0.252 e. The molecular weight excluding hydrogens is 260 g/mol. The van der Waals surface area contributed by atoms with Crippen LogP contribution in [0, 0.1) is 6.92 Å². The van der Waals surface area contributed by atoms with Crippen molar-refractivity contribution in [3.8, 4) is 0 Å². The van der Waals surface area contributed by atoms with Gasteiger partial charge in [-0.1, -0.05) is 13.8 Å². The first-order valence-corrected chi connectivity index (χ1v) is 7.26. The van der Waals surface area contributed by atoms with E-state index in [-0.39, 0.29) is 5.75 Å². The smallest absolute Gasteiger partial charge is 0.252 e. The van der Waals surface area contributed by atoms with Gasteiger partial charge in [0.15, 0.2) is 9.84 Å². The second-order valence-electron chi connectivity index (χ2n) is 5.03. The van der Waals surface area contributed by atoms with Crippen molar-refractivity contribution in [1.82, 2.24) is 0 Å². The van der Waals surface area contributed by atoms with Crippen LogP contribution in [0.3, 0.4) is 0 Å². The molecule has 3 nitrogen and oxygen atoms in total. The maximum absolute atomic E-state index is 12.0. The Morgan fingerprint density at radius 3 is 2.47 bits per heavy atom. The molecule has 0 atom stereocenters. The van der Waals surface area contributed by atoms with Crippen LogP contribution >= 0.6 is 11.6 Å². The highest BCUT2D eigenvalue weighted by molar-refractivity contribution is 7.91. The molecule has 0 spiro atoms. The molecule has 1 aromatic carbocycles. The van der Waals surface area contributed by atoms with Crippen LogP contribution in [0.15, 0.2) is 17.0 Å². The van der Waals surface area contributed by atoms with Gasteiger partial charge in [0.05, 0.1) is 10.6 Å². The van der Waals surface area contributed by atoms with Gasteiger partial charge in [0.1, 0.15) is 0 Å². The lowest BCUT2D eigenvalue weighted by Crippen LogP contribution is -2.20. The Bertz CT molecular complexity index is 615. The van der Waals surface area contributed by atoms with Gasteiger partial charge in [-0.2, -0.15) is 0 Å². The fourth-order valence-electron chi connectivity index (χ4n) is 2.62. The molecule has 0 aromatic heterocycles. The van der Waals surface area contributed by atoms with Crippen LogP contribution in [0.25, 0.3) is 0 Å². The van der Waals surface area contributed by atoms with Crippen molar-refractivity contribution in [1.29, 1.82) is 0 Å². The molecular formula is C12H13ClO3S. The highest BCUT2D eigenvalue weighted by Gasteiger charge is 2.42. The highest BCUT2D eigenvalue weighted by Crippen LogP contribution is 2.42. The van der Waals surface area contributed by atoms with Crippen LogP contribution < -0.4 is 0 Å². The monoisotopic (exact) mass is 272 g/mol. The molecule has 1 aliphatic rings. The third-order valence-electron chi connectivity index (χ3n) is 3.20. The van der Waals surface area contributed by atoms with Crippen molar-refractivity contribution in [2.24, 2.45) is 0 Å². The van der Waals surface area contributed by atoms with Crippen molar-refractivity contribution in [3.63, 3.8) is 0 Å². The summed E-state index contributed by atoms with van der Waals surface area (Å²) < 4.78 is 24.0. The van der Waals surface area contributed by atoms with E-state index >= 15 is 0 Å². The number of sulfone groups is 1. The average Bonchev–Trinajstić information content (AvgIpc) is 2.32. The van der Waals surface area contributed by atoms with Crippen LogP contribution in [0.2, 0.25) is 0 Å². The van der Waals surface area contributed by atoms with Gasteiger partial charge in [-0.3, -0.25) is 4.79 Å². The van der Waals surface area contributed by atoms with E-state index in [1.165, 1.54) is 12.1 Å². The molecule has 0 saturated heterocycles. The van der Waals surface area contributed by atoms with Crippen LogP contribution in [0.4, 0.5) is 0 Å². The van der Waals surface area contributed by atoms with Crippen molar-refractivity contribution < 1.29 is 13.2 Å². The molecule has 2 rings (SSSR count). The van der Waals surface area contributed by atoms with Crippen molar-refractivity contribution >= 4 is 26.7 Å². The Balaban J connectivity index is 2.85. The molecule has 1 aliphatic heterocycles. The van der Waals surface area contributed by atoms with Gasteiger partial charge in [0.2, 0.25) is 0 Å². The fraction of sp³-hybridized carbons (Fsp3) is 0.417. The van der Waals surface area contributed by atoms with Crippen LogP contribution in [0.5, 0.6) is 0 Å². The zero-order valence-corrected chi connectivity index (χ0v) is 11.4. The van der Waals surface area contributed by atoms with Crippen LogP contribution in [-0.2, 0) is 15.3 Å². The van der Waals surface area contributed by atoms with E-state index in [1.807, 2.05) is 13.8 Å². The highest BCUT2D eigenvalue weighted by atomic mass is 35.5. The summed E-state index contributed by atoms with van der Waals surface area (Å²) in [7, 11) is -3.23. The van der Waals surface area contributed by atoms with Crippen LogP contribution in [0.1, 0.15) is 35.3 Å². The largest absolute Gasteiger partial charge is 0.276 e. The van der Waals surface area contributed by atoms with Gasteiger partial charge in [-0.25, -0.2) is 8.42 Å². The lowest BCUT2D eigenvalue weighted by molar-refractivity contribution is 0.108. The van der Waals surface area contributed by atoms with E-state index < -0.39 is 20.5 Å². The summed E-state index contributed by atoms with van der Waals surface area (Å²) in [5.74, 6) is 0.0795. The third kappa shape index (κ3) is 1.79. The zero-order chi connectivity index (χ0) is 13.0. The number of hydrogen-bond donors (Lipinski definition) is 0. The first kappa shape index (κ1) is 12.6. The first-order chi connectivity index (χ1) is 7.67. The Hall–Kier alpha value is -0.870. The third-order valence-corrected chi connectivity index (χ3v) is 5.52. The van der Waals surface area contributed by atoms with E-state index in [4.69, 9.17) is 11.6 Å². The molecule has 1 aromatic rings. The van der Waals surface area contributed by atoms with E-state index in [9.17, 15) is 13.2 Å². The normalized spacial score (nSPS) is 20.0. The molecule has 0 fully saturated rings. The molecule has 0 unspecified atom stereocenters. The molecule has 0 amide bonds. The summed E-state index contributed by atoms with van der Waals surface area (Å²) in [4.78, 5) is 11.6. The van der Waals surface area contributed by atoms with E-state index in [2.05, 4.69) is 0 Å². The first-order valence-electron chi connectivity index (χ1n) is 5.23. The predicted octanol–water partition coefficient (Wildman–Crippen LogP) is 2.44. The molecule has 5 heteroatoms. The average molecular weight is 273 g/mol. The predicted molar refractivity (Wildman–Crippen MR) is 66.4 cm³/mol. The lowest BCUT2D eigenvalue weighted by Gasteiger charge is -2.20. The van der Waals surface area contributed by atoms with E-state index in [0.717, 1.165) is 5.56 Å². The van der Waals surface area contributed by atoms with Gasteiger partial charge >= 0.3 is 0 Å². The quantitative estimate of drug-likeness (QED) is 0.738. The topological polar surface area (TPSA) is 51.2 Å². The minimum Gasteiger partial charge on any atom is -0.276 e. The number of carbonyl (C=O) groups excluding carboxylic acids is 1. The Kier molecular flexibility index (Phi) is 2.64. The zero-order valence-electron chi connectivity index (χ0n) is 9.87. The van der Waals surface area contributed by atoms with Crippen LogP contribution in [-0.4, -0.2) is 19.4 Å². The number of rotatable bonds is 1. The maximum atomic E-state index is 12.0. The molecule has 0 N–H and O–H groups in total. The molecule has 17 heavy (non-hydrogen) atoms. The van der Waals surface area contributed by atoms with Gasteiger partial charge < -0.3 is 0 Å². The number of hydrogen-bond acceptors (Lipinski definition) is 3. The molecule has 0 saturated carbocycles. The Morgan fingerprint density at radius 1 is 1.35 bits per heavy atom. The molecule has 0 bridgehead atoms. The summed E-state index contributed by atoms with van der Waals surface area (Å²) in [5.41, 5.74) is 1.31. The van der Waals surface area contributed by atoms with Gasteiger partial charge in [0.25, 0.3) is 5.24 Å². The number of fused-ring (bicyclic) bond motifs is 1. The second-order valence-corrected chi connectivity index (χ2v) is 7.33. The molecule has 0 radical (unpaired) electrons. The van der Waals surface area contributed by atoms with Crippen molar-refractivity contribution in [3.05, 3.63) is 28.8 Å².